The van der Waals surface area contributed by atoms with Crippen molar-refractivity contribution in [3.05, 3.63) is 66.7 Å². The van der Waals surface area contributed by atoms with Crippen LogP contribution < -0.4 is 4.90 Å². The maximum absolute atomic E-state index is 12.3. The van der Waals surface area contributed by atoms with Crippen LogP contribution >= 0.6 is 0 Å². The monoisotopic (exact) mass is 302 g/mol. The van der Waals surface area contributed by atoms with Crippen LogP contribution in [-0.4, -0.2) is 17.0 Å². The minimum atomic E-state index is 0.166. The summed E-state index contributed by atoms with van der Waals surface area (Å²) in [5, 5.41) is 0. The fourth-order valence-corrected chi connectivity index (χ4v) is 3.35. The highest BCUT2D eigenvalue weighted by molar-refractivity contribution is 6.00. The van der Waals surface area contributed by atoms with E-state index in [1.54, 1.807) is 0 Å². The van der Waals surface area contributed by atoms with E-state index in [1.807, 2.05) is 36.1 Å². The van der Waals surface area contributed by atoms with E-state index < -0.39 is 0 Å². The van der Waals surface area contributed by atoms with Crippen molar-refractivity contribution in [2.45, 2.75) is 13.5 Å². The lowest BCUT2D eigenvalue weighted by Gasteiger charge is -2.11. The van der Waals surface area contributed by atoms with Gasteiger partial charge < -0.3 is 4.57 Å². The predicted molar refractivity (Wildman–Crippen MR) is 93.3 cm³/mol. The molecule has 0 radical (unpaired) electrons. The number of carbonyl (C=O) groups is 1. The van der Waals surface area contributed by atoms with Crippen LogP contribution in [0.3, 0.4) is 0 Å². The molecule has 0 atom stereocenters. The van der Waals surface area contributed by atoms with Crippen molar-refractivity contribution in [2.24, 2.45) is 0 Å². The summed E-state index contributed by atoms with van der Waals surface area (Å²) in [6, 6.07) is 22.8. The van der Waals surface area contributed by atoms with Gasteiger partial charge in [-0.15, -0.1) is 0 Å². The van der Waals surface area contributed by atoms with Gasteiger partial charge in [-0.3, -0.25) is 9.69 Å². The smallest absolute Gasteiger partial charge is 0.248 e. The molecule has 0 bridgehead atoms. The standard InChI is InChI=1S/C20H18N2O/c1-2-21-18-13-17(15-9-5-3-6-10-15)20(22(18)14-19(21)23)16-11-7-4-8-12-16/h3-13H,2,14H2,1H3. The summed E-state index contributed by atoms with van der Waals surface area (Å²) in [5.41, 5.74) is 4.62. The average molecular weight is 302 g/mol. The van der Waals surface area contributed by atoms with Gasteiger partial charge >= 0.3 is 0 Å². The van der Waals surface area contributed by atoms with Crippen LogP contribution in [0, 0.1) is 0 Å². The van der Waals surface area contributed by atoms with E-state index >= 15 is 0 Å². The number of hydrogen-bond acceptors (Lipinski definition) is 1. The molecule has 114 valence electrons. The normalized spacial score (nSPS) is 13.4. The molecule has 0 saturated carbocycles. The molecule has 1 amide bonds. The van der Waals surface area contributed by atoms with Gasteiger partial charge in [0, 0.05) is 12.1 Å². The molecule has 23 heavy (non-hydrogen) atoms. The van der Waals surface area contributed by atoms with E-state index in [0.29, 0.717) is 13.1 Å². The lowest BCUT2D eigenvalue weighted by atomic mass is 10.0. The number of hydrogen-bond donors (Lipinski definition) is 0. The van der Waals surface area contributed by atoms with Crippen molar-refractivity contribution in [1.29, 1.82) is 0 Å². The van der Waals surface area contributed by atoms with Crippen LogP contribution in [0.4, 0.5) is 5.82 Å². The Morgan fingerprint density at radius 1 is 0.913 bits per heavy atom. The largest absolute Gasteiger partial charge is 0.317 e. The Morgan fingerprint density at radius 3 is 2.13 bits per heavy atom. The van der Waals surface area contributed by atoms with Gasteiger partial charge in [-0.05, 0) is 24.1 Å². The highest BCUT2D eigenvalue weighted by atomic mass is 16.2. The number of amides is 1. The summed E-state index contributed by atoms with van der Waals surface area (Å²) in [5.74, 6) is 1.16. The van der Waals surface area contributed by atoms with Gasteiger partial charge in [-0.25, -0.2) is 0 Å². The van der Waals surface area contributed by atoms with Gasteiger partial charge in [0.05, 0.1) is 5.69 Å². The number of fused-ring (bicyclic) bond motifs is 1. The molecule has 0 fully saturated rings. The van der Waals surface area contributed by atoms with Crippen molar-refractivity contribution < 1.29 is 4.79 Å². The summed E-state index contributed by atoms with van der Waals surface area (Å²) >= 11 is 0. The van der Waals surface area contributed by atoms with E-state index in [9.17, 15) is 4.79 Å². The van der Waals surface area contributed by atoms with Crippen LogP contribution in [0.15, 0.2) is 66.7 Å². The first-order valence-electron chi connectivity index (χ1n) is 7.94. The van der Waals surface area contributed by atoms with E-state index in [-0.39, 0.29) is 5.91 Å². The second-order valence-electron chi connectivity index (χ2n) is 5.72. The zero-order valence-corrected chi connectivity index (χ0v) is 13.1. The Balaban J connectivity index is 1.98. The minimum absolute atomic E-state index is 0.166. The zero-order valence-electron chi connectivity index (χ0n) is 13.1. The maximum Gasteiger partial charge on any atom is 0.248 e. The molecule has 0 unspecified atom stereocenters. The Hall–Kier alpha value is -2.81. The molecular weight excluding hydrogens is 284 g/mol. The van der Waals surface area contributed by atoms with Crippen molar-refractivity contribution in [3.63, 3.8) is 0 Å². The fourth-order valence-electron chi connectivity index (χ4n) is 3.35. The number of rotatable bonds is 3. The zero-order chi connectivity index (χ0) is 15.8. The molecule has 3 nitrogen and oxygen atoms in total. The quantitative estimate of drug-likeness (QED) is 0.712. The van der Waals surface area contributed by atoms with E-state index in [4.69, 9.17) is 0 Å². The average Bonchev–Trinajstić information content (AvgIpc) is 3.10. The molecule has 3 aromatic rings. The maximum atomic E-state index is 12.3. The van der Waals surface area contributed by atoms with E-state index in [1.165, 1.54) is 11.1 Å². The molecule has 1 aliphatic rings. The van der Waals surface area contributed by atoms with Gasteiger partial charge in [-0.1, -0.05) is 60.7 Å². The Morgan fingerprint density at radius 2 is 1.52 bits per heavy atom. The van der Waals surface area contributed by atoms with Crippen molar-refractivity contribution in [1.82, 2.24) is 4.57 Å². The molecular formula is C20H18N2O. The fraction of sp³-hybridized carbons (Fsp3) is 0.150. The lowest BCUT2D eigenvalue weighted by Crippen LogP contribution is -2.25. The third-order valence-electron chi connectivity index (χ3n) is 4.39. The molecule has 2 heterocycles. The molecule has 3 heteroatoms. The van der Waals surface area contributed by atoms with Crippen LogP contribution in [-0.2, 0) is 11.3 Å². The van der Waals surface area contributed by atoms with Crippen molar-refractivity contribution >= 4 is 11.7 Å². The Kier molecular flexibility index (Phi) is 3.27. The Labute approximate surface area is 135 Å². The topological polar surface area (TPSA) is 25.2 Å². The second-order valence-corrected chi connectivity index (χ2v) is 5.72. The van der Waals surface area contributed by atoms with Crippen molar-refractivity contribution in [2.75, 3.05) is 11.4 Å². The molecule has 0 aliphatic carbocycles. The van der Waals surface area contributed by atoms with Crippen molar-refractivity contribution in [3.8, 4) is 22.4 Å². The summed E-state index contributed by atoms with van der Waals surface area (Å²) < 4.78 is 2.14. The SMILES string of the molecule is CCN1C(=O)Cn2c1cc(-c1ccccc1)c2-c1ccccc1. The van der Waals surface area contributed by atoms with Gasteiger partial charge in [-0.2, -0.15) is 0 Å². The first-order chi connectivity index (χ1) is 11.3. The first kappa shape index (κ1) is 13.8. The van der Waals surface area contributed by atoms with E-state index in [2.05, 4.69) is 47.0 Å². The number of likely N-dealkylation sites (N-methyl/N-ethyl adjacent to an activating group) is 1. The van der Waals surface area contributed by atoms with E-state index in [0.717, 1.165) is 17.1 Å². The lowest BCUT2D eigenvalue weighted by molar-refractivity contribution is -0.118. The van der Waals surface area contributed by atoms with Gasteiger partial charge in [0.15, 0.2) is 0 Å². The second kappa shape index (κ2) is 5.43. The highest BCUT2D eigenvalue weighted by Gasteiger charge is 2.30. The third kappa shape index (κ3) is 2.16. The van der Waals surface area contributed by atoms with Gasteiger partial charge in [0.2, 0.25) is 5.91 Å². The number of anilines is 1. The third-order valence-corrected chi connectivity index (χ3v) is 4.39. The summed E-state index contributed by atoms with van der Waals surface area (Å²) in [4.78, 5) is 14.1. The number of nitrogens with zero attached hydrogens (tertiary/aromatic N) is 2. The Bertz CT molecular complexity index is 850. The highest BCUT2D eigenvalue weighted by Crippen LogP contribution is 2.40. The molecule has 0 spiro atoms. The van der Waals surface area contributed by atoms with Gasteiger partial charge in [0.1, 0.15) is 12.4 Å². The molecule has 1 aliphatic heterocycles. The van der Waals surface area contributed by atoms with Gasteiger partial charge in [0.25, 0.3) is 0 Å². The summed E-state index contributed by atoms with van der Waals surface area (Å²) in [6.45, 7) is 3.14. The first-order valence-corrected chi connectivity index (χ1v) is 7.94. The number of carbonyl (C=O) groups excluding carboxylic acids is 1. The van der Waals surface area contributed by atoms with Crippen LogP contribution in [0.1, 0.15) is 6.92 Å². The number of aromatic nitrogens is 1. The molecule has 1 aromatic heterocycles. The number of benzene rings is 2. The summed E-state index contributed by atoms with van der Waals surface area (Å²) in [6.07, 6.45) is 0. The molecule has 0 N–H and O–H groups in total. The minimum Gasteiger partial charge on any atom is -0.317 e. The predicted octanol–water partition coefficient (Wildman–Crippen LogP) is 4.19. The molecule has 2 aromatic carbocycles. The van der Waals surface area contributed by atoms with Crippen LogP contribution in [0.5, 0.6) is 0 Å². The molecule has 4 rings (SSSR count). The van der Waals surface area contributed by atoms with Crippen LogP contribution in [0.2, 0.25) is 0 Å². The summed E-state index contributed by atoms with van der Waals surface area (Å²) in [7, 11) is 0. The van der Waals surface area contributed by atoms with Crippen LogP contribution in [0.25, 0.3) is 22.4 Å². The molecule has 0 saturated heterocycles.